The van der Waals surface area contributed by atoms with Crippen LogP contribution in [0.2, 0.25) is 0 Å². The normalized spacial score (nSPS) is 14.2. The number of anilines is 2. The van der Waals surface area contributed by atoms with E-state index in [1.807, 2.05) is 46.6 Å². The maximum Gasteiger partial charge on any atom is 0.253 e. The number of nitrogens with one attached hydrogen (secondary N) is 1. The lowest BCUT2D eigenvalue weighted by Crippen LogP contribution is -2.48. The molecule has 144 valence electrons. The molecule has 2 heterocycles. The summed E-state index contributed by atoms with van der Waals surface area (Å²) >= 11 is 1.83. The monoisotopic (exact) mass is 391 g/mol. The highest BCUT2D eigenvalue weighted by atomic mass is 32.1. The molecule has 1 saturated heterocycles. The number of nitrogens with zero attached hydrogens (tertiary/aromatic N) is 2. The molecule has 5 heteroatoms. The SMILES string of the molecule is Cc1ccc(CNc2ccc(N3CCN(C(=O)c4ccccc4)CC3)cc2)s1. The minimum atomic E-state index is 0.128. The second kappa shape index (κ2) is 8.48. The smallest absolute Gasteiger partial charge is 0.253 e. The highest BCUT2D eigenvalue weighted by Gasteiger charge is 2.22. The number of aryl methyl sites for hydroxylation is 1. The molecule has 0 saturated carbocycles. The zero-order valence-electron chi connectivity index (χ0n) is 16.1. The van der Waals surface area contributed by atoms with Gasteiger partial charge >= 0.3 is 0 Å². The van der Waals surface area contributed by atoms with Crippen molar-refractivity contribution >= 4 is 28.6 Å². The Morgan fingerprint density at radius 3 is 2.29 bits per heavy atom. The highest BCUT2D eigenvalue weighted by Crippen LogP contribution is 2.22. The van der Waals surface area contributed by atoms with Crippen LogP contribution in [0.1, 0.15) is 20.1 Å². The Kier molecular flexibility index (Phi) is 5.63. The third kappa shape index (κ3) is 4.37. The van der Waals surface area contributed by atoms with Gasteiger partial charge in [-0.1, -0.05) is 18.2 Å². The summed E-state index contributed by atoms with van der Waals surface area (Å²) in [5, 5.41) is 3.48. The predicted molar refractivity (Wildman–Crippen MR) is 117 cm³/mol. The number of amides is 1. The Labute approximate surface area is 170 Å². The minimum Gasteiger partial charge on any atom is -0.380 e. The van der Waals surface area contributed by atoms with Crippen molar-refractivity contribution in [3.05, 3.63) is 82.0 Å². The van der Waals surface area contributed by atoms with E-state index in [1.54, 1.807) is 0 Å². The molecule has 1 aliphatic rings. The van der Waals surface area contributed by atoms with E-state index < -0.39 is 0 Å². The molecule has 4 rings (SSSR count). The molecule has 0 radical (unpaired) electrons. The Morgan fingerprint density at radius 1 is 0.929 bits per heavy atom. The lowest BCUT2D eigenvalue weighted by molar-refractivity contribution is 0.0747. The molecule has 3 aromatic rings. The summed E-state index contributed by atoms with van der Waals surface area (Å²) in [7, 11) is 0. The van der Waals surface area contributed by atoms with Gasteiger partial charge in [0.1, 0.15) is 0 Å². The fourth-order valence-electron chi connectivity index (χ4n) is 3.49. The number of benzene rings is 2. The molecular formula is C23H25N3OS. The number of piperazine rings is 1. The molecule has 0 aliphatic carbocycles. The van der Waals surface area contributed by atoms with Gasteiger partial charge < -0.3 is 15.1 Å². The Balaban J connectivity index is 1.30. The Bertz CT molecular complexity index is 913. The van der Waals surface area contributed by atoms with Crippen molar-refractivity contribution in [2.45, 2.75) is 13.5 Å². The van der Waals surface area contributed by atoms with Gasteiger partial charge in [0.15, 0.2) is 0 Å². The van der Waals surface area contributed by atoms with E-state index in [2.05, 4.69) is 53.5 Å². The predicted octanol–water partition coefficient (Wildman–Crippen LogP) is 4.63. The van der Waals surface area contributed by atoms with Gasteiger partial charge in [0, 0.05) is 59.4 Å². The van der Waals surface area contributed by atoms with Crippen LogP contribution < -0.4 is 10.2 Å². The first-order valence-corrected chi connectivity index (χ1v) is 10.5. The molecule has 2 aromatic carbocycles. The third-order valence-corrected chi connectivity index (χ3v) is 6.08. The van der Waals surface area contributed by atoms with Gasteiger partial charge in [-0.15, -0.1) is 11.3 Å². The molecule has 1 N–H and O–H groups in total. The fourth-order valence-corrected chi connectivity index (χ4v) is 4.32. The lowest BCUT2D eigenvalue weighted by Gasteiger charge is -2.36. The van der Waals surface area contributed by atoms with Gasteiger partial charge in [-0.05, 0) is 55.5 Å². The summed E-state index contributed by atoms with van der Waals surface area (Å²) in [4.78, 5) is 19.6. The van der Waals surface area contributed by atoms with Crippen LogP contribution in [-0.2, 0) is 6.54 Å². The van der Waals surface area contributed by atoms with Crippen molar-refractivity contribution in [2.24, 2.45) is 0 Å². The van der Waals surface area contributed by atoms with Crippen molar-refractivity contribution in [2.75, 3.05) is 36.4 Å². The standard InChI is InChI=1S/C23H25N3OS/c1-18-7-12-22(28-18)17-24-20-8-10-21(11-9-20)25-13-15-26(16-14-25)23(27)19-5-3-2-4-6-19/h2-12,24H,13-17H2,1H3. The van der Waals surface area contributed by atoms with Gasteiger partial charge in [-0.3, -0.25) is 4.79 Å². The van der Waals surface area contributed by atoms with Gasteiger partial charge in [0.05, 0.1) is 0 Å². The summed E-state index contributed by atoms with van der Waals surface area (Å²) in [6.45, 7) is 6.23. The molecular weight excluding hydrogens is 366 g/mol. The van der Waals surface area contributed by atoms with Crippen LogP contribution in [0.3, 0.4) is 0 Å². The van der Waals surface area contributed by atoms with Crippen LogP contribution in [0.5, 0.6) is 0 Å². The Hall–Kier alpha value is -2.79. The van der Waals surface area contributed by atoms with Crippen LogP contribution >= 0.6 is 11.3 Å². The van der Waals surface area contributed by atoms with E-state index in [0.29, 0.717) is 0 Å². The van der Waals surface area contributed by atoms with Crippen molar-refractivity contribution in [1.82, 2.24) is 4.90 Å². The molecule has 1 fully saturated rings. The van der Waals surface area contributed by atoms with E-state index in [1.165, 1.54) is 15.4 Å². The summed E-state index contributed by atoms with van der Waals surface area (Å²) < 4.78 is 0. The van der Waals surface area contributed by atoms with Crippen molar-refractivity contribution in [3.8, 4) is 0 Å². The number of hydrogen-bond acceptors (Lipinski definition) is 4. The van der Waals surface area contributed by atoms with Crippen molar-refractivity contribution < 1.29 is 4.79 Å². The zero-order chi connectivity index (χ0) is 19.3. The summed E-state index contributed by atoms with van der Waals surface area (Å²) in [6.07, 6.45) is 0. The van der Waals surface area contributed by atoms with Crippen molar-refractivity contribution in [3.63, 3.8) is 0 Å². The van der Waals surface area contributed by atoms with Gasteiger partial charge in [0.2, 0.25) is 0 Å². The molecule has 0 bridgehead atoms. The summed E-state index contributed by atoms with van der Waals surface area (Å²) in [6, 6.07) is 22.5. The second-order valence-electron chi connectivity index (χ2n) is 7.06. The van der Waals surface area contributed by atoms with E-state index in [-0.39, 0.29) is 5.91 Å². The number of carbonyl (C=O) groups excluding carboxylic acids is 1. The topological polar surface area (TPSA) is 35.6 Å². The van der Waals surface area contributed by atoms with Crippen LogP contribution in [0.4, 0.5) is 11.4 Å². The minimum absolute atomic E-state index is 0.128. The molecule has 1 aromatic heterocycles. The maximum absolute atomic E-state index is 12.6. The number of carbonyl (C=O) groups is 1. The van der Waals surface area contributed by atoms with Crippen LogP contribution in [0.15, 0.2) is 66.7 Å². The first-order valence-electron chi connectivity index (χ1n) is 9.67. The van der Waals surface area contributed by atoms with Gasteiger partial charge in [-0.25, -0.2) is 0 Å². The largest absolute Gasteiger partial charge is 0.380 e. The molecule has 0 unspecified atom stereocenters. The molecule has 4 nitrogen and oxygen atoms in total. The van der Waals surface area contributed by atoms with Gasteiger partial charge in [-0.2, -0.15) is 0 Å². The lowest BCUT2D eigenvalue weighted by atomic mass is 10.1. The maximum atomic E-state index is 12.6. The summed E-state index contributed by atoms with van der Waals surface area (Å²) in [5.41, 5.74) is 3.12. The van der Waals surface area contributed by atoms with Crippen LogP contribution in [0.25, 0.3) is 0 Å². The highest BCUT2D eigenvalue weighted by molar-refractivity contribution is 7.11. The quantitative estimate of drug-likeness (QED) is 0.689. The van der Waals surface area contributed by atoms with E-state index in [9.17, 15) is 4.79 Å². The number of hydrogen-bond donors (Lipinski definition) is 1. The van der Waals surface area contributed by atoms with Gasteiger partial charge in [0.25, 0.3) is 5.91 Å². The third-order valence-electron chi connectivity index (χ3n) is 5.08. The number of thiophene rings is 1. The molecule has 28 heavy (non-hydrogen) atoms. The average Bonchev–Trinajstić information content (AvgIpc) is 3.18. The van der Waals surface area contributed by atoms with E-state index in [4.69, 9.17) is 0 Å². The first kappa shape index (κ1) is 18.6. The van der Waals surface area contributed by atoms with Crippen LogP contribution in [-0.4, -0.2) is 37.0 Å². The molecule has 0 spiro atoms. The molecule has 1 aliphatic heterocycles. The van der Waals surface area contributed by atoms with Crippen molar-refractivity contribution in [1.29, 1.82) is 0 Å². The Morgan fingerprint density at radius 2 is 1.64 bits per heavy atom. The summed E-state index contributed by atoms with van der Waals surface area (Å²) in [5.74, 6) is 0.128. The molecule has 1 amide bonds. The molecule has 0 atom stereocenters. The van der Waals surface area contributed by atoms with Crippen LogP contribution in [0, 0.1) is 6.92 Å². The van der Waals surface area contributed by atoms with E-state index in [0.717, 1.165) is 44.0 Å². The zero-order valence-corrected chi connectivity index (χ0v) is 16.9. The fraction of sp³-hybridized carbons (Fsp3) is 0.261. The average molecular weight is 392 g/mol. The van der Waals surface area contributed by atoms with E-state index >= 15 is 0 Å². The number of rotatable bonds is 5. The first-order chi connectivity index (χ1) is 13.7. The second-order valence-corrected chi connectivity index (χ2v) is 8.43.